The number of unbranched alkanes of at least 4 members (excludes halogenated alkanes) is 1. The smallest absolute Gasteiger partial charge is 0.315 e. The van der Waals surface area contributed by atoms with Crippen molar-refractivity contribution in [3.63, 3.8) is 0 Å². The first-order chi connectivity index (χ1) is 15.8. The van der Waals surface area contributed by atoms with Crippen molar-refractivity contribution in [1.82, 2.24) is 20.9 Å². The summed E-state index contributed by atoms with van der Waals surface area (Å²) < 4.78 is 0. The lowest BCUT2D eigenvalue weighted by molar-refractivity contribution is -0.138. The second-order valence-corrected chi connectivity index (χ2v) is 10.7. The SMILES string of the molecule is NC(=O)C1(NC(=O)CCCC[C@@H]2SC[C@@H]3NC(=O)N[C@@H]32)CCC(CN2C(=O)C=CC2=O)CC1. The Kier molecular flexibility index (Phi) is 6.96. The van der Waals surface area contributed by atoms with Crippen molar-refractivity contribution in [1.29, 1.82) is 0 Å². The number of nitrogens with two attached hydrogens (primary N) is 1. The highest BCUT2D eigenvalue weighted by atomic mass is 32.2. The molecule has 180 valence electrons. The van der Waals surface area contributed by atoms with Crippen molar-refractivity contribution in [3.05, 3.63) is 12.2 Å². The van der Waals surface area contributed by atoms with Crippen LogP contribution in [0.5, 0.6) is 0 Å². The number of fused-ring (bicyclic) bond motifs is 1. The van der Waals surface area contributed by atoms with Crippen LogP contribution in [0.15, 0.2) is 12.2 Å². The van der Waals surface area contributed by atoms with Crippen LogP contribution in [0.1, 0.15) is 51.4 Å². The first-order valence-corrected chi connectivity index (χ1v) is 12.7. The Balaban J connectivity index is 1.19. The summed E-state index contributed by atoms with van der Waals surface area (Å²) in [5.41, 5.74) is 4.61. The molecule has 0 unspecified atom stereocenters. The highest BCUT2D eigenvalue weighted by Gasteiger charge is 2.43. The van der Waals surface area contributed by atoms with Gasteiger partial charge in [0, 0.05) is 36.1 Å². The largest absolute Gasteiger partial charge is 0.368 e. The van der Waals surface area contributed by atoms with Gasteiger partial charge in [-0.25, -0.2) is 4.79 Å². The third kappa shape index (κ3) is 5.18. The van der Waals surface area contributed by atoms with E-state index in [1.807, 2.05) is 11.8 Å². The van der Waals surface area contributed by atoms with E-state index in [1.54, 1.807) is 0 Å². The molecule has 0 aromatic rings. The van der Waals surface area contributed by atoms with Crippen LogP contribution in [0.4, 0.5) is 4.79 Å². The first kappa shape index (κ1) is 23.6. The molecule has 5 N–H and O–H groups in total. The molecule has 0 spiro atoms. The van der Waals surface area contributed by atoms with Gasteiger partial charge in [-0.05, 0) is 44.4 Å². The zero-order valence-corrected chi connectivity index (χ0v) is 19.3. The lowest BCUT2D eigenvalue weighted by Crippen LogP contribution is -2.59. The molecule has 3 atom stereocenters. The Morgan fingerprint density at radius 2 is 1.82 bits per heavy atom. The summed E-state index contributed by atoms with van der Waals surface area (Å²) in [4.78, 5) is 61.1. The molecule has 2 saturated heterocycles. The second kappa shape index (κ2) is 9.74. The standard InChI is InChI=1S/C22H31N5O5S/c23-20(31)22(9-7-13(8-10-22)11-27-17(29)5-6-18(27)30)26-16(28)4-2-1-3-15-19-14(12-33-15)24-21(32)25-19/h5-6,13-15,19H,1-4,7-12H2,(H2,23,31)(H,26,28)(H2,24,25,32)/t13?,14-,15-,19-,22?/m0/s1. The van der Waals surface area contributed by atoms with Crippen LogP contribution in [0.3, 0.4) is 0 Å². The number of nitrogens with one attached hydrogen (secondary N) is 3. The Bertz CT molecular complexity index is 851. The quantitative estimate of drug-likeness (QED) is 0.211. The number of amides is 6. The van der Waals surface area contributed by atoms with E-state index < -0.39 is 11.4 Å². The van der Waals surface area contributed by atoms with Gasteiger partial charge in [0.1, 0.15) is 5.54 Å². The van der Waals surface area contributed by atoms with Gasteiger partial charge in [0.2, 0.25) is 11.8 Å². The highest BCUT2D eigenvalue weighted by Crippen LogP contribution is 2.34. The predicted octanol–water partition coefficient (Wildman–Crippen LogP) is 0.168. The number of carbonyl (C=O) groups excluding carboxylic acids is 5. The van der Waals surface area contributed by atoms with Crippen LogP contribution in [0.25, 0.3) is 0 Å². The average molecular weight is 478 g/mol. The number of thioether (sulfide) groups is 1. The molecule has 4 rings (SSSR count). The Labute approximate surface area is 196 Å². The van der Waals surface area contributed by atoms with Crippen LogP contribution in [-0.2, 0) is 19.2 Å². The minimum Gasteiger partial charge on any atom is -0.368 e. The molecule has 10 nitrogen and oxygen atoms in total. The van der Waals surface area contributed by atoms with Gasteiger partial charge in [0.05, 0.1) is 12.1 Å². The third-order valence-corrected chi connectivity index (χ3v) is 8.74. The molecule has 6 amide bonds. The fraction of sp³-hybridized carbons (Fsp3) is 0.682. The van der Waals surface area contributed by atoms with Crippen LogP contribution >= 0.6 is 11.8 Å². The molecule has 3 aliphatic heterocycles. The molecule has 1 aliphatic carbocycles. The minimum atomic E-state index is -1.07. The summed E-state index contributed by atoms with van der Waals surface area (Å²) in [5, 5.41) is 9.14. The zero-order chi connectivity index (χ0) is 23.6. The van der Waals surface area contributed by atoms with E-state index in [-0.39, 0.29) is 41.8 Å². The fourth-order valence-electron chi connectivity index (χ4n) is 5.26. The monoisotopic (exact) mass is 477 g/mol. The minimum absolute atomic E-state index is 0.0838. The van der Waals surface area contributed by atoms with E-state index in [1.165, 1.54) is 17.1 Å². The summed E-state index contributed by atoms with van der Waals surface area (Å²) in [5.74, 6) is -0.346. The number of hydrogen-bond donors (Lipinski definition) is 4. The molecule has 0 aromatic heterocycles. The van der Waals surface area contributed by atoms with Crippen molar-refractivity contribution in [2.75, 3.05) is 12.3 Å². The van der Waals surface area contributed by atoms with Crippen LogP contribution < -0.4 is 21.7 Å². The van der Waals surface area contributed by atoms with E-state index in [0.29, 0.717) is 50.3 Å². The van der Waals surface area contributed by atoms with Gasteiger partial charge < -0.3 is 21.7 Å². The number of primary amides is 1. The number of hydrogen-bond acceptors (Lipinski definition) is 6. The molecule has 1 saturated carbocycles. The molecule has 0 aromatic carbocycles. The van der Waals surface area contributed by atoms with E-state index in [2.05, 4.69) is 16.0 Å². The van der Waals surface area contributed by atoms with Crippen molar-refractivity contribution < 1.29 is 24.0 Å². The lowest BCUT2D eigenvalue weighted by atomic mass is 9.75. The Morgan fingerprint density at radius 3 is 2.48 bits per heavy atom. The van der Waals surface area contributed by atoms with Crippen LogP contribution in [0, 0.1) is 5.92 Å². The molecule has 3 heterocycles. The molecular weight excluding hydrogens is 446 g/mol. The van der Waals surface area contributed by atoms with Gasteiger partial charge in [-0.2, -0.15) is 11.8 Å². The summed E-state index contributed by atoms with van der Waals surface area (Å²) in [6.45, 7) is 0.324. The predicted molar refractivity (Wildman–Crippen MR) is 122 cm³/mol. The molecular formula is C22H31N5O5S. The molecule has 4 aliphatic rings. The average Bonchev–Trinajstić information content (AvgIpc) is 3.42. The Hall–Kier alpha value is -2.56. The van der Waals surface area contributed by atoms with Crippen LogP contribution in [-0.4, -0.2) is 69.7 Å². The maximum Gasteiger partial charge on any atom is 0.315 e. The fourth-order valence-corrected chi connectivity index (χ4v) is 6.80. The number of urea groups is 1. The van der Waals surface area contributed by atoms with Crippen molar-refractivity contribution in [2.24, 2.45) is 11.7 Å². The van der Waals surface area contributed by atoms with Gasteiger partial charge >= 0.3 is 6.03 Å². The van der Waals surface area contributed by atoms with Gasteiger partial charge in [0.15, 0.2) is 0 Å². The summed E-state index contributed by atoms with van der Waals surface area (Å²) in [7, 11) is 0. The van der Waals surface area contributed by atoms with Crippen molar-refractivity contribution >= 4 is 41.4 Å². The maximum absolute atomic E-state index is 12.6. The summed E-state index contributed by atoms with van der Waals surface area (Å²) >= 11 is 1.85. The van der Waals surface area contributed by atoms with Gasteiger partial charge in [-0.15, -0.1) is 0 Å². The molecule has 11 heteroatoms. The lowest BCUT2D eigenvalue weighted by Gasteiger charge is -2.39. The Morgan fingerprint density at radius 1 is 1.12 bits per heavy atom. The van der Waals surface area contributed by atoms with E-state index in [4.69, 9.17) is 5.73 Å². The topological polar surface area (TPSA) is 151 Å². The normalized spacial score (nSPS) is 33.1. The van der Waals surface area contributed by atoms with E-state index >= 15 is 0 Å². The van der Waals surface area contributed by atoms with E-state index in [0.717, 1.165) is 18.6 Å². The summed E-state index contributed by atoms with van der Waals surface area (Å²) in [6, 6.07) is 0.252. The zero-order valence-electron chi connectivity index (χ0n) is 18.5. The van der Waals surface area contributed by atoms with Crippen molar-refractivity contribution in [3.8, 4) is 0 Å². The summed E-state index contributed by atoms with van der Waals surface area (Å²) in [6.07, 6.45) is 7.33. The van der Waals surface area contributed by atoms with Gasteiger partial charge in [-0.3, -0.25) is 24.1 Å². The molecule has 0 radical (unpaired) electrons. The van der Waals surface area contributed by atoms with Gasteiger partial charge in [-0.1, -0.05) is 6.42 Å². The molecule has 33 heavy (non-hydrogen) atoms. The van der Waals surface area contributed by atoms with Crippen LogP contribution in [0.2, 0.25) is 0 Å². The maximum atomic E-state index is 12.6. The number of nitrogens with zero attached hydrogens (tertiary/aromatic N) is 1. The van der Waals surface area contributed by atoms with Crippen molar-refractivity contribution in [2.45, 2.75) is 74.2 Å². The third-order valence-electron chi connectivity index (χ3n) is 7.23. The number of imide groups is 1. The first-order valence-electron chi connectivity index (χ1n) is 11.6. The van der Waals surface area contributed by atoms with E-state index in [9.17, 15) is 24.0 Å². The highest BCUT2D eigenvalue weighted by molar-refractivity contribution is 8.00. The number of carbonyl (C=O) groups is 5. The second-order valence-electron chi connectivity index (χ2n) is 9.43. The molecule has 3 fully saturated rings. The molecule has 0 bridgehead atoms. The van der Waals surface area contributed by atoms with Gasteiger partial charge in [0.25, 0.3) is 11.8 Å². The number of rotatable bonds is 9.